The average Bonchev–Trinajstić information content (AvgIpc) is 3.34. The summed E-state index contributed by atoms with van der Waals surface area (Å²) in [5.74, 6) is -0.679. The molecule has 0 radical (unpaired) electrons. The number of fused-ring (bicyclic) bond motifs is 1. The summed E-state index contributed by atoms with van der Waals surface area (Å²) in [4.78, 5) is 20.6. The molecule has 2 aromatic carbocycles. The van der Waals surface area contributed by atoms with Crippen LogP contribution in [0.3, 0.4) is 0 Å². The van der Waals surface area contributed by atoms with E-state index in [1.807, 2.05) is 24.5 Å². The van der Waals surface area contributed by atoms with E-state index in [1.54, 1.807) is 28.8 Å². The third-order valence-corrected chi connectivity index (χ3v) is 6.36. The third-order valence-electron chi connectivity index (χ3n) is 4.55. The molecule has 1 atom stereocenters. The number of thioether (sulfide) groups is 1. The van der Waals surface area contributed by atoms with Crippen molar-refractivity contribution in [3.63, 3.8) is 0 Å². The number of carbonyl (C=O) groups is 1. The smallest absolute Gasteiger partial charge is 0.260 e. The first-order valence-electron chi connectivity index (χ1n) is 8.78. The van der Waals surface area contributed by atoms with E-state index in [0.29, 0.717) is 23.8 Å². The fourth-order valence-corrected chi connectivity index (χ4v) is 4.84. The molecule has 1 unspecified atom stereocenters. The minimum absolute atomic E-state index is 0.0189. The van der Waals surface area contributed by atoms with Gasteiger partial charge in [0.2, 0.25) is 0 Å². The second kappa shape index (κ2) is 7.96. The van der Waals surface area contributed by atoms with Crippen molar-refractivity contribution < 1.29 is 13.9 Å². The Kier molecular flexibility index (Phi) is 5.43. The van der Waals surface area contributed by atoms with Gasteiger partial charge < -0.3 is 4.74 Å². The van der Waals surface area contributed by atoms with Crippen molar-refractivity contribution in [1.82, 2.24) is 4.98 Å². The normalized spacial score (nSPS) is 16.7. The van der Waals surface area contributed by atoms with Crippen LogP contribution in [0.25, 0.3) is 10.2 Å². The molecular formula is C20H19FN2O2S2. The molecule has 2 heterocycles. The van der Waals surface area contributed by atoms with Crippen LogP contribution in [0.2, 0.25) is 0 Å². The van der Waals surface area contributed by atoms with Gasteiger partial charge in [-0.15, -0.1) is 11.8 Å². The Labute approximate surface area is 165 Å². The van der Waals surface area contributed by atoms with E-state index < -0.39 is 5.82 Å². The third kappa shape index (κ3) is 3.85. The highest BCUT2D eigenvalue weighted by Crippen LogP contribution is 2.35. The zero-order valence-corrected chi connectivity index (χ0v) is 16.5. The molecule has 140 valence electrons. The topological polar surface area (TPSA) is 42.4 Å². The Balaban J connectivity index is 1.74. The lowest BCUT2D eigenvalue weighted by Crippen LogP contribution is -2.37. The van der Waals surface area contributed by atoms with Gasteiger partial charge in [0, 0.05) is 17.1 Å². The number of rotatable bonds is 5. The van der Waals surface area contributed by atoms with Crippen molar-refractivity contribution in [2.75, 3.05) is 24.3 Å². The second-order valence-electron chi connectivity index (χ2n) is 6.36. The van der Waals surface area contributed by atoms with E-state index in [2.05, 4.69) is 0 Å². The number of benzene rings is 2. The fraction of sp³-hybridized carbons (Fsp3) is 0.300. The maximum Gasteiger partial charge on any atom is 0.260 e. The Bertz CT molecular complexity index is 970. The summed E-state index contributed by atoms with van der Waals surface area (Å²) in [5, 5.41) is 0.622. The summed E-state index contributed by atoms with van der Waals surface area (Å²) in [6, 6.07) is 11.8. The first-order valence-corrected chi connectivity index (χ1v) is 10.8. The molecule has 4 rings (SSSR count). The van der Waals surface area contributed by atoms with Gasteiger partial charge in [-0.25, -0.2) is 9.37 Å². The monoisotopic (exact) mass is 402 g/mol. The molecule has 1 aliphatic heterocycles. The van der Waals surface area contributed by atoms with Crippen LogP contribution in [0.4, 0.5) is 9.52 Å². The SMILES string of the molecule is CSc1cccc2sc(N(CC3CCCO3)C(=O)c3cccc(F)c3)nc12. The van der Waals surface area contributed by atoms with Crippen LogP contribution in [0, 0.1) is 5.82 Å². The van der Waals surface area contributed by atoms with E-state index in [4.69, 9.17) is 9.72 Å². The Hall–Kier alpha value is -1.96. The first kappa shape index (κ1) is 18.4. The van der Waals surface area contributed by atoms with Gasteiger partial charge in [-0.3, -0.25) is 9.69 Å². The van der Waals surface area contributed by atoms with Crippen LogP contribution < -0.4 is 4.90 Å². The molecule has 1 aromatic heterocycles. The number of carbonyl (C=O) groups excluding carboxylic acids is 1. The molecule has 3 aromatic rings. The summed E-state index contributed by atoms with van der Waals surface area (Å²) >= 11 is 3.11. The number of aromatic nitrogens is 1. The van der Waals surface area contributed by atoms with Crippen molar-refractivity contribution in [2.45, 2.75) is 23.8 Å². The summed E-state index contributed by atoms with van der Waals surface area (Å²) in [7, 11) is 0. The van der Waals surface area contributed by atoms with Crippen LogP contribution in [-0.2, 0) is 4.74 Å². The zero-order valence-electron chi connectivity index (χ0n) is 14.9. The standard InChI is InChI=1S/C20H19FN2O2S2/c1-26-16-8-3-9-17-18(16)22-20(27-17)23(12-15-7-4-10-25-15)19(24)13-5-2-6-14(21)11-13/h2-3,5-6,8-9,11,15H,4,7,10,12H2,1H3. The van der Waals surface area contributed by atoms with Crippen LogP contribution in [-0.4, -0.2) is 36.4 Å². The van der Waals surface area contributed by atoms with Gasteiger partial charge in [0.15, 0.2) is 5.13 Å². The molecule has 0 aliphatic carbocycles. The number of ether oxygens (including phenoxy) is 1. The lowest BCUT2D eigenvalue weighted by atomic mass is 10.1. The largest absolute Gasteiger partial charge is 0.376 e. The van der Waals surface area contributed by atoms with Gasteiger partial charge in [0.25, 0.3) is 5.91 Å². The Morgan fingerprint density at radius 1 is 1.37 bits per heavy atom. The molecule has 1 aliphatic rings. The minimum atomic E-state index is -0.424. The number of hydrogen-bond donors (Lipinski definition) is 0. The van der Waals surface area contributed by atoms with E-state index >= 15 is 0 Å². The van der Waals surface area contributed by atoms with Crippen molar-refractivity contribution in [3.05, 3.63) is 53.8 Å². The molecule has 7 heteroatoms. The summed E-state index contributed by atoms with van der Waals surface area (Å²) in [5.41, 5.74) is 1.21. The van der Waals surface area contributed by atoms with Gasteiger partial charge in [-0.1, -0.05) is 23.5 Å². The molecule has 1 saturated heterocycles. The van der Waals surface area contributed by atoms with Crippen molar-refractivity contribution >= 4 is 44.4 Å². The maximum atomic E-state index is 13.7. The highest BCUT2D eigenvalue weighted by Gasteiger charge is 2.27. The summed E-state index contributed by atoms with van der Waals surface area (Å²) in [6.45, 7) is 1.13. The predicted octanol–water partition coefficient (Wildman–Crippen LogP) is 4.98. The summed E-state index contributed by atoms with van der Waals surface area (Å²) in [6.07, 6.45) is 3.89. The highest BCUT2D eigenvalue weighted by atomic mass is 32.2. The van der Waals surface area contributed by atoms with E-state index in [9.17, 15) is 9.18 Å². The lowest BCUT2D eigenvalue weighted by Gasteiger charge is -2.23. The molecule has 4 nitrogen and oxygen atoms in total. The van der Waals surface area contributed by atoms with Crippen molar-refractivity contribution in [3.8, 4) is 0 Å². The predicted molar refractivity (Wildman–Crippen MR) is 108 cm³/mol. The van der Waals surface area contributed by atoms with Gasteiger partial charge >= 0.3 is 0 Å². The fourth-order valence-electron chi connectivity index (χ4n) is 3.21. The number of amides is 1. The molecule has 0 saturated carbocycles. The first-order chi connectivity index (χ1) is 13.2. The molecule has 0 spiro atoms. The minimum Gasteiger partial charge on any atom is -0.376 e. The van der Waals surface area contributed by atoms with Crippen LogP contribution in [0.1, 0.15) is 23.2 Å². The Morgan fingerprint density at radius 2 is 2.22 bits per heavy atom. The molecule has 0 N–H and O–H groups in total. The quantitative estimate of drug-likeness (QED) is 0.564. The molecule has 0 bridgehead atoms. The Morgan fingerprint density at radius 3 is 2.96 bits per heavy atom. The van der Waals surface area contributed by atoms with E-state index in [-0.39, 0.29) is 12.0 Å². The second-order valence-corrected chi connectivity index (χ2v) is 8.22. The van der Waals surface area contributed by atoms with Gasteiger partial charge in [0.1, 0.15) is 5.82 Å². The molecule has 1 amide bonds. The summed E-state index contributed by atoms with van der Waals surface area (Å²) < 4.78 is 20.4. The molecule has 1 fully saturated rings. The van der Waals surface area contributed by atoms with E-state index in [1.165, 1.54) is 23.5 Å². The number of para-hydroxylation sites is 1. The number of halogens is 1. The number of hydrogen-bond acceptors (Lipinski definition) is 5. The zero-order chi connectivity index (χ0) is 18.8. The maximum absolute atomic E-state index is 13.7. The number of nitrogens with zero attached hydrogens (tertiary/aromatic N) is 2. The highest BCUT2D eigenvalue weighted by molar-refractivity contribution is 7.98. The number of anilines is 1. The van der Waals surface area contributed by atoms with E-state index in [0.717, 1.165) is 28.0 Å². The van der Waals surface area contributed by atoms with Crippen molar-refractivity contribution in [1.29, 1.82) is 0 Å². The van der Waals surface area contributed by atoms with Crippen LogP contribution in [0.5, 0.6) is 0 Å². The van der Waals surface area contributed by atoms with Crippen LogP contribution >= 0.6 is 23.1 Å². The van der Waals surface area contributed by atoms with Gasteiger partial charge in [0.05, 0.1) is 22.9 Å². The molecular weight excluding hydrogens is 383 g/mol. The average molecular weight is 403 g/mol. The van der Waals surface area contributed by atoms with Crippen molar-refractivity contribution in [2.24, 2.45) is 0 Å². The number of thiazole rings is 1. The van der Waals surface area contributed by atoms with Crippen LogP contribution in [0.15, 0.2) is 47.4 Å². The van der Waals surface area contributed by atoms with Gasteiger partial charge in [-0.05, 0) is 49.4 Å². The van der Waals surface area contributed by atoms with Gasteiger partial charge in [-0.2, -0.15) is 0 Å². The lowest BCUT2D eigenvalue weighted by molar-refractivity contribution is 0.0917. The molecule has 27 heavy (non-hydrogen) atoms.